The second-order valence-electron chi connectivity index (χ2n) is 8.65. The van der Waals surface area contributed by atoms with Crippen molar-refractivity contribution < 1.29 is 9.90 Å². The van der Waals surface area contributed by atoms with E-state index in [0.717, 1.165) is 54.2 Å². The zero-order valence-electron chi connectivity index (χ0n) is 18.2. The smallest absolute Gasteiger partial charge is 0.352 e. The molecule has 0 aliphatic carbocycles. The summed E-state index contributed by atoms with van der Waals surface area (Å²) in [6, 6.07) is 12.1. The second-order valence-corrected chi connectivity index (χ2v) is 8.65. The number of carboxylic acids is 1. The first-order chi connectivity index (χ1) is 14.3. The Labute approximate surface area is 177 Å². The molecule has 3 aromatic rings. The van der Waals surface area contributed by atoms with Crippen molar-refractivity contribution in [2.45, 2.75) is 33.2 Å². The van der Waals surface area contributed by atoms with Crippen molar-refractivity contribution >= 4 is 22.7 Å². The van der Waals surface area contributed by atoms with Crippen LogP contribution in [-0.4, -0.2) is 58.8 Å². The quantitative estimate of drug-likeness (QED) is 0.695. The number of benzene rings is 1. The average Bonchev–Trinajstić information content (AvgIpc) is 3.06. The lowest BCUT2D eigenvalue weighted by Crippen LogP contribution is -2.44. The molecule has 30 heavy (non-hydrogen) atoms. The first-order valence-electron chi connectivity index (χ1n) is 10.6. The maximum absolute atomic E-state index is 12.0. The molecule has 6 heteroatoms. The van der Waals surface area contributed by atoms with Crippen molar-refractivity contribution in [2.24, 2.45) is 0 Å². The molecule has 1 N–H and O–H groups in total. The molecule has 0 radical (unpaired) electrons. The van der Waals surface area contributed by atoms with Gasteiger partial charge < -0.3 is 19.5 Å². The highest BCUT2D eigenvalue weighted by Gasteiger charge is 2.20. The summed E-state index contributed by atoms with van der Waals surface area (Å²) in [5.74, 6) is 0.356. The van der Waals surface area contributed by atoms with Gasteiger partial charge in [-0.05, 0) is 49.7 Å². The lowest BCUT2D eigenvalue weighted by atomic mass is 9.98. The number of anilines is 1. The fourth-order valence-corrected chi connectivity index (χ4v) is 4.31. The van der Waals surface area contributed by atoms with Gasteiger partial charge in [0.1, 0.15) is 11.5 Å². The van der Waals surface area contributed by atoms with Gasteiger partial charge in [-0.2, -0.15) is 0 Å². The molecular formula is C24H30N4O2. The Morgan fingerprint density at radius 1 is 1.13 bits per heavy atom. The van der Waals surface area contributed by atoms with Gasteiger partial charge in [0.05, 0.1) is 17.8 Å². The largest absolute Gasteiger partial charge is 0.477 e. The van der Waals surface area contributed by atoms with Gasteiger partial charge in [-0.3, -0.25) is 0 Å². The molecule has 3 heterocycles. The molecule has 0 atom stereocenters. The summed E-state index contributed by atoms with van der Waals surface area (Å²) in [4.78, 5) is 21.6. The summed E-state index contributed by atoms with van der Waals surface area (Å²) in [5, 5.41) is 10.9. The van der Waals surface area contributed by atoms with Crippen LogP contribution in [0.15, 0.2) is 36.4 Å². The van der Waals surface area contributed by atoms with Crippen molar-refractivity contribution in [1.82, 2.24) is 14.5 Å². The van der Waals surface area contributed by atoms with E-state index in [-0.39, 0.29) is 0 Å². The Balaban J connectivity index is 1.76. The van der Waals surface area contributed by atoms with E-state index in [1.165, 1.54) is 5.56 Å². The van der Waals surface area contributed by atoms with Gasteiger partial charge in [-0.1, -0.05) is 31.5 Å². The number of aromatic carboxylic acids is 1. The highest BCUT2D eigenvalue weighted by Crippen LogP contribution is 2.31. The van der Waals surface area contributed by atoms with Crippen LogP contribution in [-0.2, 0) is 6.54 Å². The third-order valence-corrected chi connectivity index (χ3v) is 5.95. The number of aromatic nitrogens is 2. The van der Waals surface area contributed by atoms with E-state index in [4.69, 9.17) is 4.98 Å². The number of carbonyl (C=O) groups is 1. The average molecular weight is 407 g/mol. The van der Waals surface area contributed by atoms with Crippen molar-refractivity contribution in [3.8, 4) is 0 Å². The Morgan fingerprint density at radius 2 is 1.87 bits per heavy atom. The van der Waals surface area contributed by atoms with Crippen LogP contribution >= 0.6 is 0 Å². The number of fused-ring (bicyclic) bond motifs is 1. The van der Waals surface area contributed by atoms with Crippen LogP contribution in [0.5, 0.6) is 0 Å². The summed E-state index contributed by atoms with van der Waals surface area (Å²) in [5.41, 5.74) is 4.51. The Kier molecular flexibility index (Phi) is 5.52. The number of rotatable bonds is 5. The molecule has 0 spiro atoms. The number of aryl methyl sites for hydroxylation is 1. The van der Waals surface area contributed by atoms with E-state index < -0.39 is 5.97 Å². The lowest BCUT2D eigenvalue weighted by molar-refractivity contribution is 0.0686. The predicted molar refractivity (Wildman–Crippen MR) is 121 cm³/mol. The van der Waals surface area contributed by atoms with Crippen LogP contribution in [0, 0.1) is 6.92 Å². The molecule has 1 aliphatic heterocycles. The van der Waals surface area contributed by atoms with E-state index in [1.807, 2.05) is 22.8 Å². The molecule has 158 valence electrons. The van der Waals surface area contributed by atoms with Crippen molar-refractivity contribution in [3.05, 3.63) is 58.9 Å². The van der Waals surface area contributed by atoms with Gasteiger partial charge in [-0.25, -0.2) is 9.78 Å². The molecule has 1 aliphatic rings. The maximum Gasteiger partial charge on any atom is 0.352 e. The van der Waals surface area contributed by atoms with Gasteiger partial charge in [0.2, 0.25) is 0 Å². The van der Waals surface area contributed by atoms with Crippen LogP contribution in [0.2, 0.25) is 0 Å². The monoisotopic (exact) mass is 406 g/mol. The first kappa shape index (κ1) is 20.4. The molecule has 0 saturated carbocycles. The minimum Gasteiger partial charge on any atom is -0.477 e. The van der Waals surface area contributed by atoms with Crippen LogP contribution in [0.3, 0.4) is 0 Å². The number of piperazine rings is 1. The third kappa shape index (κ3) is 3.92. The van der Waals surface area contributed by atoms with Gasteiger partial charge >= 0.3 is 5.97 Å². The summed E-state index contributed by atoms with van der Waals surface area (Å²) in [6.07, 6.45) is 0. The number of hydrogen-bond acceptors (Lipinski definition) is 4. The highest BCUT2D eigenvalue weighted by molar-refractivity contribution is 5.96. The summed E-state index contributed by atoms with van der Waals surface area (Å²) in [6.45, 7) is 10.8. The van der Waals surface area contributed by atoms with E-state index >= 15 is 0 Å². The van der Waals surface area contributed by atoms with Crippen LogP contribution in [0.1, 0.15) is 47.1 Å². The molecule has 0 bridgehead atoms. The van der Waals surface area contributed by atoms with Gasteiger partial charge in [-0.15, -0.1) is 0 Å². The minimum atomic E-state index is -0.909. The lowest BCUT2D eigenvalue weighted by Gasteiger charge is -2.33. The fourth-order valence-electron chi connectivity index (χ4n) is 4.31. The SMILES string of the molecule is Cc1cc(C(C)C)c2c(c1)cc(C(=O)O)n2Cc1cccc(N2CCN(C)CC2)n1. The number of pyridine rings is 1. The number of carboxylic acid groups (broad SMARTS) is 1. The Bertz CT molecular complexity index is 1080. The molecule has 2 aromatic heterocycles. The van der Waals surface area contributed by atoms with Crippen molar-refractivity contribution in [1.29, 1.82) is 0 Å². The van der Waals surface area contributed by atoms with Gasteiger partial charge in [0, 0.05) is 31.6 Å². The van der Waals surface area contributed by atoms with Crippen LogP contribution < -0.4 is 4.90 Å². The van der Waals surface area contributed by atoms with E-state index in [9.17, 15) is 9.90 Å². The van der Waals surface area contributed by atoms with Gasteiger partial charge in [0.25, 0.3) is 0 Å². The topological polar surface area (TPSA) is 61.6 Å². The molecule has 6 nitrogen and oxygen atoms in total. The summed E-state index contributed by atoms with van der Waals surface area (Å²) in [7, 11) is 2.14. The predicted octanol–water partition coefficient (Wildman–Crippen LogP) is 3.97. The summed E-state index contributed by atoms with van der Waals surface area (Å²) >= 11 is 0. The van der Waals surface area contributed by atoms with E-state index in [0.29, 0.717) is 18.2 Å². The molecule has 4 rings (SSSR count). The second kappa shape index (κ2) is 8.11. The number of nitrogens with zero attached hydrogens (tertiary/aromatic N) is 4. The molecule has 0 amide bonds. The third-order valence-electron chi connectivity index (χ3n) is 5.95. The molecule has 0 unspecified atom stereocenters. The molecule has 1 fully saturated rings. The minimum absolute atomic E-state index is 0.298. The zero-order chi connectivity index (χ0) is 21.4. The standard InChI is InChI=1S/C24H30N4O2/c1-16(2)20-13-17(3)12-18-14-21(24(29)30)28(23(18)20)15-19-6-5-7-22(25-19)27-10-8-26(4)9-11-27/h5-7,12-14,16H,8-11,15H2,1-4H3,(H,29,30). The molecular weight excluding hydrogens is 376 g/mol. The number of hydrogen-bond donors (Lipinski definition) is 1. The normalized spacial score (nSPS) is 15.3. The van der Waals surface area contributed by atoms with Crippen molar-refractivity contribution in [2.75, 3.05) is 38.1 Å². The molecule has 1 saturated heterocycles. The first-order valence-corrected chi connectivity index (χ1v) is 10.6. The zero-order valence-corrected chi connectivity index (χ0v) is 18.2. The van der Waals surface area contributed by atoms with Gasteiger partial charge in [0.15, 0.2) is 0 Å². The fraction of sp³-hybridized carbons (Fsp3) is 0.417. The Hall–Kier alpha value is -2.86. The number of likely N-dealkylation sites (N-methyl/N-ethyl adjacent to an activating group) is 1. The summed E-state index contributed by atoms with van der Waals surface area (Å²) < 4.78 is 1.92. The van der Waals surface area contributed by atoms with Crippen LogP contribution in [0.25, 0.3) is 10.9 Å². The highest BCUT2D eigenvalue weighted by atomic mass is 16.4. The molecule has 1 aromatic carbocycles. The van der Waals surface area contributed by atoms with E-state index in [1.54, 1.807) is 6.07 Å². The van der Waals surface area contributed by atoms with E-state index in [2.05, 4.69) is 49.8 Å². The van der Waals surface area contributed by atoms with Crippen LogP contribution in [0.4, 0.5) is 5.82 Å². The van der Waals surface area contributed by atoms with Crippen molar-refractivity contribution in [3.63, 3.8) is 0 Å². The maximum atomic E-state index is 12.0. The Morgan fingerprint density at radius 3 is 2.53 bits per heavy atom.